The third-order valence-corrected chi connectivity index (χ3v) is 3.24. The van der Waals surface area contributed by atoms with Crippen molar-refractivity contribution in [1.82, 2.24) is 0 Å². The smallest absolute Gasteiger partial charge is 0.262 e. The summed E-state index contributed by atoms with van der Waals surface area (Å²) in [5.41, 5.74) is 1.46. The molecule has 0 heterocycles. The average Bonchev–Trinajstić information content (AvgIpc) is 2.40. The molecule has 104 valence electrons. The number of hydrogen-bond acceptors (Lipinski definition) is 3. The highest BCUT2D eigenvalue weighted by atomic mass is 79.9. The molecule has 0 bridgehead atoms. The van der Waals surface area contributed by atoms with Crippen LogP contribution in [-0.2, 0) is 4.79 Å². The lowest BCUT2D eigenvalue weighted by atomic mass is 10.2. The largest absolute Gasteiger partial charge is 0.506 e. The van der Waals surface area contributed by atoms with Crippen molar-refractivity contribution in [3.8, 4) is 11.5 Å². The van der Waals surface area contributed by atoms with Crippen LogP contribution in [0.25, 0.3) is 0 Å². The van der Waals surface area contributed by atoms with Crippen LogP contribution in [0.4, 0.5) is 5.69 Å². The highest BCUT2D eigenvalue weighted by Crippen LogP contribution is 2.26. The third kappa shape index (κ3) is 3.74. The minimum atomic E-state index is -0.334. The van der Waals surface area contributed by atoms with Gasteiger partial charge in [0.25, 0.3) is 5.91 Å². The van der Waals surface area contributed by atoms with E-state index < -0.39 is 0 Å². The van der Waals surface area contributed by atoms with Crippen molar-refractivity contribution in [3.63, 3.8) is 0 Å². The highest BCUT2D eigenvalue weighted by Gasteiger charge is 2.08. The van der Waals surface area contributed by atoms with E-state index in [0.29, 0.717) is 11.4 Å². The maximum absolute atomic E-state index is 11.8. The zero-order valence-corrected chi connectivity index (χ0v) is 12.5. The summed E-state index contributed by atoms with van der Waals surface area (Å²) < 4.78 is 6.22. The van der Waals surface area contributed by atoms with Crippen LogP contribution in [0.3, 0.4) is 0 Å². The highest BCUT2D eigenvalue weighted by molar-refractivity contribution is 9.10. The van der Waals surface area contributed by atoms with Gasteiger partial charge >= 0.3 is 0 Å². The number of aryl methyl sites for hydroxylation is 1. The van der Waals surface area contributed by atoms with Crippen LogP contribution in [0.15, 0.2) is 46.9 Å². The maximum atomic E-state index is 11.8. The Morgan fingerprint density at radius 2 is 2.05 bits per heavy atom. The Morgan fingerprint density at radius 3 is 2.75 bits per heavy atom. The summed E-state index contributed by atoms with van der Waals surface area (Å²) in [4.78, 5) is 11.8. The molecule has 0 aliphatic heterocycles. The summed E-state index contributed by atoms with van der Waals surface area (Å²) in [6.45, 7) is 1.84. The van der Waals surface area contributed by atoms with E-state index in [2.05, 4.69) is 21.2 Å². The quantitative estimate of drug-likeness (QED) is 0.841. The van der Waals surface area contributed by atoms with Gasteiger partial charge in [0.05, 0.1) is 10.2 Å². The molecule has 0 atom stereocenters. The van der Waals surface area contributed by atoms with E-state index in [-0.39, 0.29) is 18.3 Å². The first-order valence-electron chi connectivity index (χ1n) is 6.03. The third-order valence-electron chi connectivity index (χ3n) is 2.62. The number of rotatable bonds is 4. The van der Waals surface area contributed by atoms with Crippen molar-refractivity contribution < 1.29 is 14.6 Å². The van der Waals surface area contributed by atoms with Crippen molar-refractivity contribution >= 4 is 27.5 Å². The Morgan fingerprint density at radius 1 is 1.30 bits per heavy atom. The van der Waals surface area contributed by atoms with Crippen molar-refractivity contribution in [2.75, 3.05) is 11.9 Å². The van der Waals surface area contributed by atoms with Crippen molar-refractivity contribution in [1.29, 1.82) is 0 Å². The SMILES string of the molecule is Cc1ccc(OCC(=O)Nc2ccccc2O)c(Br)c1. The maximum Gasteiger partial charge on any atom is 0.262 e. The minimum Gasteiger partial charge on any atom is -0.506 e. The molecule has 2 rings (SSSR count). The molecule has 0 radical (unpaired) electrons. The molecule has 2 N–H and O–H groups in total. The molecule has 0 saturated carbocycles. The summed E-state index contributed by atoms with van der Waals surface area (Å²) in [5, 5.41) is 12.1. The van der Waals surface area contributed by atoms with Gasteiger partial charge in [-0.25, -0.2) is 0 Å². The van der Waals surface area contributed by atoms with E-state index in [1.54, 1.807) is 24.3 Å². The second-order valence-electron chi connectivity index (χ2n) is 4.29. The van der Waals surface area contributed by atoms with Crippen LogP contribution < -0.4 is 10.1 Å². The summed E-state index contributed by atoms with van der Waals surface area (Å²) in [5.74, 6) is 0.291. The number of anilines is 1. The number of carbonyl (C=O) groups excluding carboxylic acids is 1. The molecule has 0 fully saturated rings. The van der Waals surface area contributed by atoms with Gasteiger partial charge in [-0.15, -0.1) is 0 Å². The van der Waals surface area contributed by atoms with Crippen LogP contribution >= 0.6 is 15.9 Å². The molecule has 0 aromatic heterocycles. The minimum absolute atomic E-state index is 0.0253. The lowest BCUT2D eigenvalue weighted by Gasteiger charge is -2.10. The number of amides is 1. The fourth-order valence-electron chi connectivity index (χ4n) is 1.63. The number of ether oxygens (including phenoxy) is 1. The van der Waals surface area contributed by atoms with Crippen LogP contribution in [0.5, 0.6) is 11.5 Å². The Kier molecular flexibility index (Phi) is 4.63. The molecule has 20 heavy (non-hydrogen) atoms. The van der Waals surface area contributed by atoms with Crippen LogP contribution in [0.2, 0.25) is 0 Å². The summed E-state index contributed by atoms with van der Waals surface area (Å²) in [7, 11) is 0. The van der Waals surface area contributed by atoms with E-state index in [1.165, 1.54) is 6.07 Å². The van der Waals surface area contributed by atoms with Crippen LogP contribution in [-0.4, -0.2) is 17.6 Å². The van der Waals surface area contributed by atoms with Crippen LogP contribution in [0.1, 0.15) is 5.56 Å². The fraction of sp³-hybridized carbons (Fsp3) is 0.133. The van der Waals surface area contributed by atoms with Crippen molar-refractivity contribution in [2.24, 2.45) is 0 Å². The number of nitrogens with one attached hydrogen (secondary N) is 1. The number of hydrogen-bond donors (Lipinski definition) is 2. The number of phenols is 1. The summed E-state index contributed by atoms with van der Waals surface area (Å²) in [6.07, 6.45) is 0. The number of halogens is 1. The van der Waals surface area contributed by atoms with E-state index in [0.717, 1.165) is 10.0 Å². The number of carbonyl (C=O) groups is 1. The average molecular weight is 336 g/mol. The van der Waals surface area contributed by atoms with Gasteiger partial charge in [0.1, 0.15) is 11.5 Å². The monoisotopic (exact) mass is 335 g/mol. The first kappa shape index (κ1) is 14.4. The van der Waals surface area contributed by atoms with Crippen molar-refractivity contribution in [2.45, 2.75) is 6.92 Å². The summed E-state index contributed by atoms with van der Waals surface area (Å²) >= 11 is 3.38. The molecule has 0 unspecified atom stereocenters. The molecule has 0 spiro atoms. The van der Waals surface area contributed by atoms with Gasteiger partial charge in [0.15, 0.2) is 6.61 Å². The molecule has 1 amide bonds. The van der Waals surface area contributed by atoms with Gasteiger partial charge in [-0.3, -0.25) is 4.79 Å². The number of aromatic hydroxyl groups is 1. The first-order chi connectivity index (χ1) is 9.56. The number of phenolic OH excluding ortho intramolecular Hbond substituents is 1. The van der Waals surface area contributed by atoms with Crippen LogP contribution in [0, 0.1) is 6.92 Å². The fourth-order valence-corrected chi connectivity index (χ4v) is 2.24. The zero-order chi connectivity index (χ0) is 14.5. The second-order valence-corrected chi connectivity index (χ2v) is 5.14. The molecule has 0 aliphatic rings. The Hall–Kier alpha value is -2.01. The molecular weight excluding hydrogens is 322 g/mol. The molecule has 4 nitrogen and oxygen atoms in total. The molecular formula is C15H14BrNO3. The lowest BCUT2D eigenvalue weighted by Crippen LogP contribution is -2.20. The van der Waals surface area contributed by atoms with Gasteiger partial charge < -0.3 is 15.2 Å². The van der Waals surface area contributed by atoms with Gasteiger partial charge in [-0.2, -0.15) is 0 Å². The first-order valence-corrected chi connectivity index (χ1v) is 6.82. The Labute approximate surface area is 125 Å². The van der Waals surface area contributed by atoms with Crippen molar-refractivity contribution in [3.05, 3.63) is 52.5 Å². The molecule has 0 aliphatic carbocycles. The van der Waals surface area contributed by atoms with E-state index in [1.807, 2.05) is 19.1 Å². The standard InChI is InChI=1S/C15H14BrNO3/c1-10-6-7-14(11(16)8-10)20-9-15(19)17-12-4-2-3-5-13(12)18/h2-8,18H,9H2,1H3,(H,17,19). The lowest BCUT2D eigenvalue weighted by molar-refractivity contribution is -0.118. The second kappa shape index (κ2) is 6.43. The number of para-hydroxylation sites is 2. The van der Waals surface area contributed by atoms with E-state index in [9.17, 15) is 9.90 Å². The van der Waals surface area contributed by atoms with Gasteiger partial charge in [-0.1, -0.05) is 18.2 Å². The topological polar surface area (TPSA) is 58.6 Å². The number of benzene rings is 2. The Balaban J connectivity index is 1.94. The van der Waals surface area contributed by atoms with E-state index >= 15 is 0 Å². The molecule has 0 saturated heterocycles. The molecule has 5 heteroatoms. The van der Waals surface area contributed by atoms with Gasteiger partial charge in [-0.05, 0) is 52.7 Å². The predicted octanol–water partition coefficient (Wildman–Crippen LogP) is 3.48. The normalized spacial score (nSPS) is 10.1. The molecule has 2 aromatic rings. The molecule has 2 aromatic carbocycles. The van der Waals surface area contributed by atoms with Gasteiger partial charge in [0, 0.05) is 0 Å². The van der Waals surface area contributed by atoms with E-state index in [4.69, 9.17) is 4.74 Å². The Bertz CT molecular complexity index is 628. The summed E-state index contributed by atoms with van der Waals surface area (Å²) in [6, 6.07) is 12.2. The zero-order valence-electron chi connectivity index (χ0n) is 10.9. The predicted molar refractivity (Wildman–Crippen MR) is 81.1 cm³/mol. The van der Waals surface area contributed by atoms with Gasteiger partial charge in [0.2, 0.25) is 0 Å².